The Morgan fingerprint density at radius 1 is 0.898 bits per heavy atom. The van der Waals surface area contributed by atoms with E-state index < -0.39 is 11.7 Å². The van der Waals surface area contributed by atoms with Crippen LogP contribution in [-0.2, 0) is 19.5 Å². The van der Waals surface area contributed by atoms with Crippen molar-refractivity contribution in [1.29, 1.82) is 0 Å². The van der Waals surface area contributed by atoms with E-state index in [9.17, 15) is 14.0 Å². The van der Waals surface area contributed by atoms with Crippen LogP contribution in [0.15, 0.2) is 66.9 Å². The van der Waals surface area contributed by atoms with Crippen molar-refractivity contribution in [3.05, 3.63) is 95.2 Å². The summed E-state index contributed by atoms with van der Waals surface area (Å²) in [5, 5.41) is 10.6. The van der Waals surface area contributed by atoms with Crippen molar-refractivity contribution < 1.29 is 18.7 Å². The number of aryl methyl sites for hydroxylation is 2. The Bertz CT molecular complexity index is 1720. The number of pyridine rings is 1. The molecule has 0 bridgehead atoms. The number of ether oxygens (including phenoxy) is 1. The Morgan fingerprint density at radius 3 is 2.35 bits per heavy atom. The van der Waals surface area contributed by atoms with E-state index >= 15 is 0 Å². The maximum Gasteiger partial charge on any atom is 0.272 e. The van der Waals surface area contributed by atoms with Gasteiger partial charge in [-0.3, -0.25) is 14.3 Å². The maximum absolute atomic E-state index is 14.3. The van der Waals surface area contributed by atoms with Gasteiger partial charge in [0.25, 0.3) is 11.8 Å². The van der Waals surface area contributed by atoms with Crippen LogP contribution in [0.5, 0.6) is 11.6 Å². The highest BCUT2D eigenvalue weighted by molar-refractivity contribution is 5.96. The van der Waals surface area contributed by atoms with Crippen LogP contribution in [0.25, 0.3) is 11.1 Å². The summed E-state index contributed by atoms with van der Waals surface area (Å²) in [7, 11) is 6.28. The lowest BCUT2D eigenvalue weighted by atomic mass is 9.91. The number of carbonyl (C=O) groups is 2. The molecule has 0 radical (unpaired) electrons. The van der Waals surface area contributed by atoms with Gasteiger partial charge in [-0.15, -0.1) is 0 Å². The zero-order chi connectivity index (χ0) is 34.3. The van der Waals surface area contributed by atoms with Crippen molar-refractivity contribution in [2.24, 2.45) is 0 Å². The average Bonchev–Trinajstić information content (AvgIpc) is 3.54. The fourth-order valence-electron chi connectivity index (χ4n) is 6.52. The number of nitrogens with one attached hydrogen (secondary N) is 2. The van der Waals surface area contributed by atoms with Crippen LogP contribution in [0, 0.1) is 5.82 Å². The predicted molar refractivity (Wildman–Crippen MR) is 187 cm³/mol. The zero-order valence-electron chi connectivity index (χ0n) is 28.6. The summed E-state index contributed by atoms with van der Waals surface area (Å²) in [6.07, 6.45) is 7.02. The van der Waals surface area contributed by atoms with E-state index in [0.29, 0.717) is 24.3 Å². The van der Waals surface area contributed by atoms with Crippen molar-refractivity contribution in [3.8, 4) is 22.8 Å². The van der Waals surface area contributed by atoms with Crippen LogP contribution in [0.1, 0.15) is 70.6 Å². The van der Waals surface area contributed by atoms with E-state index in [-0.39, 0.29) is 29.4 Å². The van der Waals surface area contributed by atoms with Gasteiger partial charge < -0.3 is 25.2 Å². The molecule has 1 aliphatic carbocycles. The summed E-state index contributed by atoms with van der Waals surface area (Å²) in [4.78, 5) is 34.9. The molecule has 2 aliphatic rings. The van der Waals surface area contributed by atoms with Gasteiger partial charge in [0, 0.05) is 44.0 Å². The summed E-state index contributed by atoms with van der Waals surface area (Å²) >= 11 is 0. The number of hydrogen-bond acceptors (Lipinski definition) is 7. The lowest BCUT2D eigenvalue weighted by Crippen LogP contribution is -2.44. The average molecular weight is 668 g/mol. The van der Waals surface area contributed by atoms with Crippen molar-refractivity contribution in [3.63, 3.8) is 0 Å². The number of aromatic nitrogens is 3. The van der Waals surface area contributed by atoms with Crippen molar-refractivity contribution in [1.82, 2.24) is 35.2 Å². The van der Waals surface area contributed by atoms with Crippen LogP contribution in [0.3, 0.4) is 0 Å². The highest BCUT2D eigenvalue weighted by Gasteiger charge is 2.27. The molecule has 10 nitrogen and oxygen atoms in total. The zero-order valence-corrected chi connectivity index (χ0v) is 28.6. The molecule has 2 N–H and O–H groups in total. The Kier molecular flexibility index (Phi) is 11.0. The van der Waals surface area contributed by atoms with Crippen LogP contribution < -0.4 is 15.4 Å². The Labute approximate surface area is 287 Å². The quantitative estimate of drug-likeness (QED) is 0.201. The largest absolute Gasteiger partial charge is 0.438 e. The topological polar surface area (TPSA) is 105 Å². The van der Waals surface area contributed by atoms with Gasteiger partial charge in [0.15, 0.2) is 0 Å². The smallest absolute Gasteiger partial charge is 0.272 e. The molecule has 0 atom stereocenters. The summed E-state index contributed by atoms with van der Waals surface area (Å²) in [5.74, 6) is -0.683. The second-order valence-corrected chi connectivity index (χ2v) is 13.6. The number of benzene rings is 2. The SMILES string of the molecule is CN(C)CCN(C)Cc1ccc(-c2cccc(Oc3ncc(F)cc3C(=O)N[C@H]3CC[C@@H](NC(=O)c4cc5n(n4)CCCC5)CC3)c2)cc1. The monoisotopic (exact) mass is 667 g/mol. The normalized spacial score (nSPS) is 17.5. The molecule has 49 heavy (non-hydrogen) atoms. The van der Waals surface area contributed by atoms with Crippen molar-refractivity contribution in [2.75, 3.05) is 34.2 Å². The third-order valence-corrected chi connectivity index (χ3v) is 9.33. The molecule has 0 saturated heterocycles. The molecule has 0 unspecified atom stereocenters. The van der Waals surface area contributed by atoms with Crippen LogP contribution in [0.4, 0.5) is 4.39 Å². The number of fused-ring (bicyclic) bond motifs is 1. The lowest BCUT2D eigenvalue weighted by molar-refractivity contribution is 0.0887. The van der Waals surface area contributed by atoms with Gasteiger partial charge in [-0.1, -0.05) is 36.4 Å². The Hall–Kier alpha value is -4.61. The highest BCUT2D eigenvalue weighted by atomic mass is 19.1. The summed E-state index contributed by atoms with van der Waals surface area (Å²) in [5.41, 5.74) is 4.84. The standard InChI is InChI=1S/C38H46FN7O3/c1-44(2)19-20-45(3)25-26-10-12-27(13-11-26)28-7-6-9-33(21-28)49-38-34(22-29(39)24-40-38)36(47)41-30-14-16-31(17-15-30)42-37(48)35-23-32-8-4-5-18-46(32)43-35/h6-7,9-13,21-24,30-31H,4-5,8,14-20,25H2,1-3H3,(H,41,47)(H,42,48)/t30-,31+. The molecular weight excluding hydrogens is 621 g/mol. The molecule has 2 aromatic heterocycles. The van der Waals surface area contributed by atoms with Crippen molar-refractivity contribution in [2.45, 2.75) is 70.1 Å². The Morgan fingerprint density at radius 2 is 1.63 bits per heavy atom. The summed E-state index contributed by atoms with van der Waals surface area (Å²) in [6.45, 7) is 3.72. The van der Waals surface area contributed by atoms with E-state index in [1.165, 1.54) is 5.56 Å². The number of likely N-dealkylation sites (N-methyl/N-ethyl adjacent to an activating group) is 2. The van der Waals surface area contributed by atoms with E-state index in [2.05, 4.69) is 75.9 Å². The lowest BCUT2D eigenvalue weighted by Gasteiger charge is -2.29. The third kappa shape index (κ3) is 9.10. The van der Waals surface area contributed by atoms with Crippen LogP contribution in [0.2, 0.25) is 0 Å². The van der Waals surface area contributed by atoms with Crippen LogP contribution in [-0.4, -0.2) is 82.7 Å². The minimum Gasteiger partial charge on any atom is -0.438 e. The van der Waals surface area contributed by atoms with E-state index in [1.54, 1.807) is 6.07 Å². The predicted octanol–water partition coefficient (Wildman–Crippen LogP) is 5.68. The molecule has 4 aromatic rings. The molecular formula is C38H46FN7O3. The fraction of sp³-hybridized carbons (Fsp3) is 0.421. The summed E-state index contributed by atoms with van der Waals surface area (Å²) in [6, 6.07) is 19.0. The molecule has 11 heteroatoms. The molecule has 6 rings (SSSR count). The van der Waals surface area contributed by atoms with Crippen LogP contribution >= 0.6 is 0 Å². The molecule has 1 fully saturated rings. The highest BCUT2D eigenvalue weighted by Crippen LogP contribution is 2.29. The first-order chi connectivity index (χ1) is 23.7. The molecule has 2 amide bonds. The molecule has 3 heterocycles. The first-order valence-electron chi connectivity index (χ1n) is 17.2. The Balaban J connectivity index is 1.04. The minimum absolute atomic E-state index is 0.00649. The van der Waals surface area contributed by atoms with Gasteiger partial charge in [-0.05, 0) is 107 Å². The number of nitrogens with zero attached hydrogens (tertiary/aromatic N) is 5. The molecule has 2 aromatic carbocycles. The third-order valence-electron chi connectivity index (χ3n) is 9.33. The van der Waals surface area contributed by atoms with Gasteiger partial charge >= 0.3 is 0 Å². The number of halogens is 1. The van der Waals surface area contributed by atoms with Gasteiger partial charge in [0.05, 0.1) is 6.20 Å². The molecule has 0 spiro atoms. The fourth-order valence-corrected chi connectivity index (χ4v) is 6.52. The van der Waals surface area contributed by atoms with E-state index in [0.717, 1.165) is 87.4 Å². The molecule has 258 valence electrons. The second-order valence-electron chi connectivity index (χ2n) is 13.6. The minimum atomic E-state index is -0.619. The first kappa shape index (κ1) is 34.3. The number of rotatable bonds is 12. The number of amides is 2. The maximum atomic E-state index is 14.3. The number of hydrogen-bond donors (Lipinski definition) is 2. The first-order valence-corrected chi connectivity index (χ1v) is 17.2. The van der Waals surface area contributed by atoms with Crippen molar-refractivity contribution >= 4 is 11.8 Å². The van der Waals surface area contributed by atoms with Gasteiger partial charge in [-0.2, -0.15) is 5.10 Å². The number of carbonyl (C=O) groups excluding carboxylic acids is 2. The summed E-state index contributed by atoms with van der Waals surface area (Å²) < 4.78 is 22.4. The van der Waals surface area contributed by atoms with Gasteiger partial charge in [0.1, 0.15) is 22.8 Å². The van der Waals surface area contributed by atoms with Gasteiger partial charge in [0.2, 0.25) is 5.88 Å². The van der Waals surface area contributed by atoms with E-state index in [4.69, 9.17) is 4.74 Å². The second kappa shape index (κ2) is 15.7. The van der Waals surface area contributed by atoms with E-state index in [1.807, 2.05) is 28.9 Å². The van der Waals surface area contributed by atoms with Gasteiger partial charge in [-0.25, -0.2) is 9.37 Å². The molecule has 1 saturated carbocycles. The molecule has 1 aliphatic heterocycles.